The maximum atomic E-state index is 13.3. The summed E-state index contributed by atoms with van der Waals surface area (Å²) in [7, 11) is 0. The van der Waals surface area contributed by atoms with Gasteiger partial charge in [-0.05, 0) is 50.5 Å². The lowest BCUT2D eigenvalue weighted by molar-refractivity contribution is -0.156. The van der Waals surface area contributed by atoms with Gasteiger partial charge < -0.3 is 10.0 Å². The van der Waals surface area contributed by atoms with E-state index in [2.05, 4.69) is 21.6 Å². The number of aromatic nitrogens is 4. The molecule has 0 bridgehead atoms. The van der Waals surface area contributed by atoms with Crippen molar-refractivity contribution in [1.29, 1.82) is 0 Å². The van der Waals surface area contributed by atoms with Crippen LogP contribution < -0.4 is 5.56 Å². The molecule has 184 valence electrons. The van der Waals surface area contributed by atoms with Crippen molar-refractivity contribution in [2.45, 2.75) is 43.9 Å². The van der Waals surface area contributed by atoms with E-state index < -0.39 is 11.1 Å². The first-order valence-corrected chi connectivity index (χ1v) is 11.8. The molecular formula is C25H29FN6O3. The average Bonchev–Trinajstić information content (AvgIpc) is 3.28. The fraction of sp³-hybridized carbons (Fsp3) is 0.440. The summed E-state index contributed by atoms with van der Waals surface area (Å²) in [4.78, 5) is 34.6. The van der Waals surface area contributed by atoms with Crippen LogP contribution in [0.2, 0.25) is 0 Å². The Labute approximate surface area is 202 Å². The minimum atomic E-state index is -1.12. The van der Waals surface area contributed by atoms with Gasteiger partial charge >= 0.3 is 0 Å². The molecule has 2 fully saturated rings. The second-order valence-electron chi connectivity index (χ2n) is 9.72. The molecule has 1 amide bonds. The molecule has 2 saturated heterocycles. The van der Waals surface area contributed by atoms with Crippen LogP contribution in [-0.2, 0) is 11.3 Å². The zero-order valence-corrected chi connectivity index (χ0v) is 19.7. The monoisotopic (exact) mass is 480 g/mol. The minimum absolute atomic E-state index is 0.0817. The molecule has 2 aromatic heterocycles. The van der Waals surface area contributed by atoms with Gasteiger partial charge in [0.2, 0.25) is 5.91 Å². The van der Waals surface area contributed by atoms with E-state index in [9.17, 15) is 19.1 Å². The number of carbonyl (C=O) groups is 1. The predicted molar refractivity (Wildman–Crippen MR) is 129 cm³/mol. The Bertz CT molecular complexity index is 1330. The van der Waals surface area contributed by atoms with Crippen molar-refractivity contribution in [3.63, 3.8) is 0 Å². The van der Waals surface area contributed by atoms with E-state index in [1.807, 2.05) is 17.9 Å². The number of hydrogen-bond acceptors (Lipinski definition) is 6. The highest BCUT2D eigenvalue weighted by Crippen LogP contribution is 2.34. The number of carbonyl (C=O) groups excluding carboxylic acids is 1. The van der Waals surface area contributed by atoms with Crippen molar-refractivity contribution in [3.8, 4) is 5.69 Å². The number of hydrogen-bond donors (Lipinski definition) is 1. The first-order chi connectivity index (χ1) is 16.7. The van der Waals surface area contributed by atoms with Gasteiger partial charge in [0, 0.05) is 26.2 Å². The maximum absolute atomic E-state index is 13.3. The molecule has 2 aliphatic rings. The molecule has 1 N–H and O–H groups in total. The first kappa shape index (κ1) is 23.4. The molecule has 4 heterocycles. The molecule has 9 nitrogen and oxygen atoms in total. The molecule has 0 aliphatic carbocycles. The van der Waals surface area contributed by atoms with Gasteiger partial charge in [-0.25, -0.2) is 14.1 Å². The van der Waals surface area contributed by atoms with Crippen LogP contribution in [0.1, 0.15) is 26.2 Å². The van der Waals surface area contributed by atoms with Gasteiger partial charge in [0.05, 0.1) is 29.6 Å². The summed E-state index contributed by atoms with van der Waals surface area (Å²) in [6.07, 6.45) is 6.21. The Hall–Kier alpha value is -3.37. The van der Waals surface area contributed by atoms with Gasteiger partial charge in [0.25, 0.3) is 5.56 Å². The normalized spacial score (nSPS) is 22.2. The Morgan fingerprint density at radius 1 is 1.20 bits per heavy atom. The lowest BCUT2D eigenvalue weighted by Gasteiger charge is -2.52. The third-order valence-corrected chi connectivity index (χ3v) is 7.45. The van der Waals surface area contributed by atoms with Crippen molar-refractivity contribution in [3.05, 3.63) is 65.6 Å². The minimum Gasteiger partial charge on any atom is -0.388 e. The SMILES string of the molecule is C=CCN1CC[C@@]1(C)C(=O)N1CCC(O)(Cn2cnc3c(cnn3-c3ccc(F)cc3)c2=O)CC1. The van der Waals surface area contributed by atoms with Crippen LogP contribution in [0.3, 0.4) is 0 Å². The van der Waals surface area contributed by atoms with E-state index in [0.29, 0.717) is 49.2 Å². The molecule has 2 aliphatic heterocycles. The molecule has 0 spiro atoms. The smallest absolute Gasteiger partial charge is 0.264 e. The Kier molecular flexibility index (Phi) is 5.80. The number of nitrogens with zero attached hydrogens (tertiary/aromatic N) is 6. The number of fused-ring (bicyclic) bond motifs is 1. The number of piperidine rings is 1. The number of amides is 1. The van der Waals surface area contributed by atoms with E-state index in [-0.39, 0.29) is 23.8 Å². The summed E-state index contributed by atoms with van der Waals surface area (Å²) in [5, 5.41) is 15.8. The topological polar surface area (TPSA) is 96.5 Å². The fourth-order valence-corrected chi connectivity index (χ4v) is 5.07. The zero-order valence-electron chi connectivity index (χ0n) is 19.7. The lowest BCUT2D eigenvalue weighted by atomic mass is 9.83. The second kappa shape index (κ2) is 8.69. The van der Waals surface area contributed by atoms with Gasteiger partial charge in [-0.2, -0.15) is 5.10 Å². The summed E-state index contributed by atoms with van der Waals surface area (Å²) < 4.78 is 16.1. The third kappa shape index (κ3) is 4.06. The van der Waals surface area contributed by atoms with E-state index in [0.717, 1.165) is 13.0 Å². The molecule has 1 atom stereocenters. The van der Waals surface area contributed by atoms with Gasteiger partial charge in [0.1, 0.15) is 17.5 Å². The van der Waals surface area contributed by atoms with Gasteiger partial charge in [-0.3, -0.25) is 19.1 Å². The molecule has 1 aromatic carbocycles. The molecule has 35 heavy (non-hydrogen) atoms. The number of rotatable bonds is 6. The number of likely N-dealkylation sites (tertiary alicyclic amines) is 2. The van der Waals surface area contributed by atoms with E-state index in [4.69, 9.17) is 0 Å². The summed E-state index contributed by atoms with van der Waals surface area (Å²) >= 11 is 0. The van der Waals surface area contributed by atoms with Crippen LogP contribution in [0.5, 0.6) is 0 Å². The van der Waals surface area contributed by atoms with Crippen molar-refractivity contribution in [2.24, 2.45) is 0 Å². The Balaban J connectivity index is 1.29. The maximum Gasteiger partial charge on any atom is 0.264 e. The summed E-state index contributed by atoms with van der Waals surface area (Å²) in [6, 6.07) is 5.76. The highest BCUT2D eigenvalue weighted by Gasteiger charge is 2.49. The van der Waals surface area contributed by atoms with E-state index >= 15 is 0 Å². The molecule has 0 radical (unpaired) electrons. The zero-order chi connectivity index (χ0) is 24.8. The van der Waals surface area contributed by atoms with Crippen LogP contribution in [0, 0.1) is 5.82 Å². The first-order valence-electron chi connectivity index (χ1n) is 11.8. The van der Waals surface area contributed by atoms with Crippen molar-refractivity contribution >= 4 is 16.9 Å². The summed E-state index contributed by atoms with van der Waals surface area (Å²) in [5.41, 5.74) is -0.987. The quantitative estimate of drug-likeness (QED) is 0.540. The predicted octanol–water partition coefficient (Wildman–Crippen LogP) is 1.73. The van der Waals surface area contributed by atoms with Crippen LogP contribution in [0.25, 0.3) is 16.7 Å². The number of benzene rings is 1. The Morgan fingerprint density at radius 3 is 2.54 bits per heavy atom. The van der Waals surface area contributed by atoms with Crippen LogP contribution >= 0.6 is 0 Å². The Morgan fingerprint density at radius 2 is 1.91 bits per heavy atom. The van der Waals surface area contributed by atoms with Gasteiger partial charge in [0.15, 0.2) is 5.65 Å². The van der Waals surface area contributed by atoms with Gasteiger partial charge in [-0.1, -0.05) is 6.08 Å². The number of aliphatic hydroxyl groups is 1. The molecule has 3 aromatic rings. The van der Waals surface area contributed by atoms with Crippen LogP contribution in [0.4, 0.5) is 4.39 Å². The molecule has 10 heteroatoms. The largest absolute Gasteiger partial charge is 0.388 e. The fourth-order valence-electron chi connectivity index (χ4n) is 5.07. The van der Waals surface area contributed by atoms with Crippen molar-refractivity contribution in [2.75, 3.05) is 26.2 Å². The number of halogens is 1. The molecular weight excluding hydrogens is 451 g/mol. The highest BCUT2D eigenvalue weighted by atomic mass is 19.1. The second-order valence-corrected chi connectivity index (χ2v) is 9.72. The molecule has 0 saturated carbocycles. The van der Waals surface area contributed by atoms with Crippen molar-refractivity contribution in [1.82, 2.24) is 29.1 Å². The van der Waals surface area contributed by atoms with Crippen LogP contribution in [-0.4, -0.2) is 77.5 Å². The molecule has 0 unspecified atom stereocenters. The average molecular weight is 481 g/mol. The molecule has 5 rings (SSSR count). The summed E-state index contributed by atoms with van der Waals surface area (Å²) in [6.45, 7) is 8.24. The van der Waals surface area contributed by atoms with Crippen molar-refractivity contribution < 1.29 is 14.3 Å². The van der Waals surface area contributed by atoms with E-state index in [1.165, 1.54) is 33.9 Å². The van der Waals surface area contributed by atoms with Crippen LogP contribution in [0.15, 0.2) is 54.2 Å². The van der Waals surface area contributed by atoms with E-state index in [1.54, 1.807) is 12.1 Å². The van der Waals surface area contributed by atoms with Gasteiger partial charge in [-0.15, -0.1) is 6.58 Å². The lowest BCUT2D eigenvalue weighted by Crippen LogP contribution is -2.67. The standard InChI is InChI=1S/C25H29FN6O3/c1-3-11-31-14-8-24(31,2)23(34)29-12-9-25(35,10-13-29)16-30-17-27-21-20(22(30)33)15-28-32(21)19-6-4-18(26)5-7-19/h3-7,15,17,35H,1,8-14,16H2,2H3/t24-/m0/s1. The third-order valence-electron chi connectivity index (χ3n) is 7.45. The summed E-state index contributed by atoms with van der Waals surface area (Å²) in [5.74, 6) is -0.279. The highest BCUT2D eigenvalue weighted by molar-refractivity contribution is 5.87.